The standard InChI is InChI=1S/C10H5Cl2FN2O/c11-7-5-6(1-2-8(7)13)16-9-3-4-14-10(12)15-9/h1-5H. The highest BCUT2D eigenvalue weighted by Crippen LogP contribution is 2.25. The van der Waals surface area contributed by atoms with E-state index in [1.54, 1.807) is 0 Å². The van der Waals surface area contributed by atoms with Gasteiger partial charge in [-0.05, 0) is 23.7 Å². The minimum absolute atomic E-state index is 0.0161. The van der Waals surface area contributed by atoms with Gasteiger partial charge in [0.15, 0.2) is 0 Å². The topological polar surface area (TPSA) is 35.0 Å². The van der Waals surface area contributed by atoms with Crippen LogP contribution in [0.1, 0.15) is 0 Å². The second-order valence-corrected chi connectivity index (χ2v) is 3.59. The first kappa shape index (κ1) is 11.1. The summed E-state index contributed by atoms with van der Waals surface area (Å²) in [5.41, 5.74) is 0. The SMILES string of the molecule is Fc1ccc(Oc2ccnc(Cl)n2)cc1Cl. The van der Waals surface area contributed by atoms with Crippen LogP contribution in [0.3, 0.4) is 0 Å². The van der Waals surface area contributed by atoms with E-state index in [1.807, 2.05) is 0 Å². The van der Waals surface area contributed by atoms with Crippen molar-refractivity contribution < 1.29 is 9.13 Å². The lowest BCUT2D eigenvalue weighted by atomic mass is 10.3. The molecule has 6 heteroatoms. The van der Waals surface area contributed by atoms with Gasteiger partial charge in [-0.2, -0.15) is 4.98 Å². The molecule has 0 spiro atoms. The molecule has 16 heavy (non-hydrogen) atoms. The Morgan fingerprint density at radius 3 is 2.69 bits per heavy atom. The zero-order chi connectivity index (χ0) is 11.5. The number of ether oxygens (including phenoxy) is 1. The van der Waals surface area contributed by atoms with Crippen molar-refractivity contribution >= 4 is 23.2 Å². The Morgan fingerprint density at radius 1 is 1.19 bits per heavy atom. The Kier molecular flexibility index (Phi) is 3.22. The first-order valence-electron chi connectivity index (χ1n) is 4.26. The second-order valence-electron chi connectivity index (χ2n) is 2.84. The van der Waals surface area contributed by atoms with Crippen molar-refractivity contribution in [1.29, 1.82) is 0 Å². The van der Waals surface area contributed by atoms with Crippen LogP contribution in [0.15, 0.2) is 30.5 Å². The van der Waals surface area contributed by atoms with E-state index < -0.39 is 5.82 Å². The molecule has 0 unspecified atom stereocenters. The van der Waals surface area contributed by atoms with Gasteiger partial charge in [0.2, 0.25) is 11.2 Å². The Bertz CT molecular complexity index is 522. The highest BCUT2D eigenvalue weighted by atomic mass is 35.5. The molecule has 0 aliphatic heterocycles. The summed E-state index contributed by atoms with van der Waals surface area (Å²) in [7, 11) is 0. The summed E-state index contributed by atoms with van der Waals surface area (Å²) in [5.74, 6) is 0.138. The first-order valence-corrected chi connectivity index (χ1v) is 5.02. The van der Waals surface area contributed by atoms with Crippen LogP contribution in [0.2, 0.25) is 10.3 Å². The van der Waals surface area contributed by atoms with E-state index in [2.05, 4.69) is 9.97 Å². The molecule has 1 aromatic carbocycles. The molecule has 0 saturated heterocycles. The molecule has 0 atom stereocenters. The predicted molar refractivity (Wildman–Crippen MR) is 58.5 cm³/mol. The molecule has 0 radical (unpaired) electrons. The van der Waals surface area contributed by atoms with Crippen molar-refractivity contribution in [3.63, 3.8) is 0 Å². The quantitative estimate of drug-likeness (QED) is 0.771. The summed E-state index contributed by atoms with van der Waals surface area (Å²) in [6.45, 7) is 0. The van der Waals surface area contributed by atoms with Crippen LogP contribution >= 0.6 is 23.2 Å². The normalized spacial score (nSPS) is 10.2. The van der Waals surface area contributed by atoms with Crippen LogP contribution in [0.5, 0.6) is 11.6 Å². The van der Waals surface area contributed by atoms with Gasteiger partial charge in [0, 0.05) is 18.3 Å². The molecule has 0 aliphatic rings. The zero-order valence-electron chi connectivity index (χ0n) is 7.82. The Morgan fingerprint density at radius 2 is 2.00 bits per heavy atom. The van der Waals surface area contributed by atoms with E-state index in [1.165, 1.54) is 30.5 Å². The van der Waals surface area contributed by atoms with Gasteiger partial charge in [-0.25, -0.2) is 9.37 Å². The number of hydrogen-bond acceptors (Lipinski definition) is 3. The van der Waals surface area contributed by atoms with Gasteiger partial charge in [0.1, 0.15) is 11.6 Å². The molecule has 0 N–H and O–H groups in total. The van der Waals surface area contributed by atoms with Gasteiger partial charge in [-0.3, -0.25) is 0 Å². The number of hydrogen-bond donors (Lipinski definition) is 0. The molecular weight excluding hydrogens is 254 g/mol. The summed E-state index contributed by atoms with van der Waals surface area (Å²) in [4.78, 5) is 7.52. The van der Waals surface area contributed by atoms with Crippen molar-refractivity contribution in [2.45, 2.75) is 0 Å². The maximum atomic E-state index is 12.9. The molecule has 1 aromatic heterocycles. The van der Waals surface area contributed by atoms with Crippen LogP contribution in [0.4, 0.5) is 4.39 Å². The Balaban J connectivity index is 2.24. The van der Waals surface area contributed by atoms with Crippen LogP contribution in [-0.4, -0.2) is 9.97 Å². The molecular formula is C10H5Cl2FN2O. The van der Waals surface area contributed by atoms with Crippen LogP contribution in [0.25, 0.3) is 0 Å². The highest BCUT2D eigenvalue weighted by Gasteiger charge is 2.04. The molecule has 1 heterocycles. The molecule has 0 saturated carbocycles. The monoisotopic (exact) mass is 258 g/mol. The number of nitrogens with zero attached hydrogens (tertiary/aromatic N) is 2. The second kappa shape index (κ2) is 4.63. The van der Waals surface area contributed by atoms with Gasteiger partial charge in [-0.1, -0.05) is 11.6 Å². The molecule has 0 amide bonds. The van der Waals surface area contributed by atoms with Crippen LogP contribution < -0.4 is 4.74 Å². The minimum atomic E-state index is -0.505. The van der Waals surface area contributed by atoms with Crippen molar-refractivity contribution in [2.24, 2.45) is 0 Å². The van der Waals surface area contributed by atoms with Crippen molar-refractivity contribution in [2.75, 3.05) is 0 Å². The van der Waals surface area contributed by atoms with E-state index in [0.717, 1.165) is 0 Å². The third-order valence-electron chi connectivity index (χ3n) is 1.71. The third kappa shape index (κ3) is 2.59. The maximum Gasteiger partial charge on any atom is 0.225 e. The molecule has 2 aromatic rings. The van der Waals surface area contributed by atoms with E-state index in [4.69, 9.17) is 27.9 Å². The summed E-state index contributed by atoms with van der Waals surface area (Å²) >= 11 is 11.2. The predicted octanol–water partition coefficient (Wildman–Crippen LogP) is 3.71. The van der Waals surface area contributed by atoms with Crippen molar-refractivity contribution in [1.82, 2.24) is 9.97 Å². The van der Waals surface area contributed by atoms with E-state index in [0.29, 0.717) is 5.75 Å². The Hall–Kier alpha value is -1.39. The van der Waals surface area contributed by atoms with E-state index >= 15 is 0 Å². The molecule has 2 rings (SSSR count). The molecule has 0 fully saturated rings. The van der Waals surface area contributed by atoms with E-state index in [-0.39, 0.29) is 16.2 Å². The van der Waals surface area contributed by atoms with Crippen molar-refractivity contribution in [3.05, 3.63) is 46.6 Å². The number of aromatic nitrogens is 2. The average Bonchev–Trinajstić information content (AvgIpc) is 2.24. The lowest BCUT2D eigenvalue weighted by Gasteiger charge is -2.04. The minimum Gasteiger partial charge on any atom is -0.439 e. The fraction of sp³-hybridized carbons (Fsp3) is 0. The number of rotatable bonds is 2. The average molecular weight is 259 g/mol. The Labute approximate surface area is 101 Å². The summed E-state index contributed by atoms with van der Waals surface area (Å²) in [6.07, 6.45) is 1.45. The van der Waals surface area contributed by atoms with Crippen LogP contribution in [0, 0.1) is 5.82 Å². The summed E-state index contributed by atoms with van der Waals surface area (Å²) < 4.78 is 18.2. The fourth-order valence-electron chi connectivity index (χ4n) is 1.04. The summed E-state index contributed by atoms with van der Waals surface area (Å²) in [5, 5.41) is 0.0587. The zero-order valence-corrected chi connectivity index (χ0v) is 9.34. The van der Waals surface area contributed by atoms with Gasteiger partial charge in [0.25, 0.3) is 0 Å². The molecule has 0 bridgehead atoms. The van der Waals surface area contributed by atoms with Gasteiger partial charge in [-0.15, -0.1) is 0 Å². The first-order chi connectivity index (χ1) is 7.65. The van der Waals surface area contributed by atoms with Crippen molar-refractivity contribution in [3.8, 4) is 11.6 Å². The third-order valence-corrected chi connectivity index (χ3v) is 2.19. The lowest BCUT2D eigenvalue weighted by molar-refractivity contribution is 0.460. The maximum absolute atomic E-state index is 12.9. The number of halogens is 3. The van der Waals surface area contributed by atoms with Gasteiger partial charge < -0.3 is 4.74 Å². The van der Waals surface area contributed by atoms with Gasteiger partial charge in [0.05, 0.1) is 5.02 Å². The highest BCUT2D eigenvalue weighted by molar-refractivity contribution is 6.30. The largest absolute Gasteiger partial charge is 0.439 e. The lowest BCUT2D eigenvalue weighted by Crippen LogP contribution is -1.90. The van der Waals surface area contributed by atoms with Gasteiger partial charge >= 0.3 is 0 Å². The smallest absolute Gasteiger partial charge is 0.225 e. The van der Waals surface area contributed by atoms with E-state index in [9.17, 15) is 4.39 Å². The number of benzene rings is 1. The molecule has 0 aliphatic carbocycles. The molecule has 3 nitrogen and oxygen atoms in total. The summed E-state index contributed by atoms with van der Waals surface area (Å²) in [6, 6.07) is 5.54. The molecule has 82 valence electrons. The van der Waals surface area contributed by atoms with Crippen LogP contribution in [-0.2, 0) is 0 Å². The fourth-order valence-corrected chi connectivity index (χ4v) is 1.35.